The summed E-state index contributed by atoms with van der Waals surface area (Å²) in [6.07, 6.45) is 6.53. The van der Waals surface area contributed by atoms with Gasteiger partial charge in [0.1, 0.15) is 50.9 Å². The topological polar surface area (TPSA) is 440 Å². The highest BCUT2D eigenvalue weighted by molar-refractivity contribution is 7.86. The van der Waals surface area contributed by atoms with E-state index >= 15 is 0 Å². The minimum Gasteiger partial charge on any atom is -0.744 e. The van der Waals surface area contributed by atoms with Crippen molar-refractivity contribution in [3.63, 3.8) is 0 Å². The molecular formula is C56H80N7O23P2S2-. The average Bonchev–Trinajstić information content (AvgIpc) is 1.88. The molecule has 500 valence electrons. The van der Waals surface area contributed by atoms with E-state index in [1.165, 1.54) is 30.5 Å². The van der Waals surface area contributed by atoms with E-state index in [1.54, 1.807) is 12.1 Å². The number of amides is 2. The summed E-state index contributed by atoms with van der Waals surface area (Å²) in [6.45, 7) is 12.7. The van der Waals surface area contributed by atoms with Gasteiger partial charge in [0, 0.05) is 85.2 Å². The molecule has 30 nitrogen and oxygen atoms in total. The number of carbonyl (C=O) groups is 2. The number of likely N-dealkylation sites (N-methyl/N-ethyl adjacent to an activating group) is 1. The molecular weight excluding hydrogens is 1260 g/mol. The Bertz CT molecular complexity index is 3530. The number of allylic oxidation sites excluding steroid dienone is 6. The van der Waals surface area contributed by atoms with E-state index < -0.39 is 83.5 Å². The van der Waals surface area contributed by atoms with Crippen molar-refractivity contribution in [1.82, 2.24) is 20.2 Å². The van der Waals surface area contributed by atoms with Crippen molar-refractivity contribution in [3.8, 4) is 0 Å². The molecule has 1 saturated heterocycles. The van der Waals surface area contributed by atoms with Crippen LogP contribution in [0.15, 0.2) is 93.3 Å². The van der Waals surface area contributed by atoms with Gasteiger partial charge in [0.15, 0.2) is 11.9 Å². The molecule has 9 N–H and O–H groups in total. The van der Waals surface area contributed by atoms with Crippen molar-refractivity contribution >= 4 is 70.6 Å². The Balaban J connectivity index is 0.810. The lowest BCUT2D eigenvalue weighted by Gasteiger charge is -2.25. The minimum atomic E-state index is -5.27. The van der Waals surface area contributed by atoms with Crippen LogP contribution in [-0.2, 0) is 88.9 Å². The second-order valence-corrected chi connectivity index (χ2v) is 27.3. The first-order chi connectivity index (χ1) is 42.2. The quantitative estimate of drug-likeness (QED) is 0.0135. The molecule has 3 aliphatic rings. The second kappa shape index (κ2) is 32.4. The van der Waals surface area contributed by atoms with Gasteiger partial charge in [-0.3, -0.25) is 23.2 Å². The number of hydrogen-bond acceptors (Lipinski definition) is 22. The predicted molar refractivity (Wildman–Crippen MR) is 322 cm³/mol. The minimum absolute atomic E-state index is 0.0535. The first-order valence-corrected chi connectivity index (χ1v) is 34.8. The van der Waals surface area contributed by atoms with Gasteiger partial charge in [0.25, 0.3) is 0 Å². The van der Waals surface area contributed by atoms with Crippen LogP contribution in [0.25, 0.3) is 0 Å². The van der Waals surface area contributed by atoms with Gasteiger partial charge in [-0.2, -0.15) is 9.56 Å². The Labute approximate surface area is 522 Å². The molecule has 6 rings (SSSR count). The Morgan fingerprint density at radius 2 is 1.38 bits per heavy atom. The summed E-state index contributed by atoms with van der Waals surface area (Å²) in [4.78, 5) is 79.7. The van der Waals surface area contributed by atoms with E-state index in [4.69, 9.17) is 39.2 Å². The number of ether oxygens (including phenoxy) is 5. The van der Waals surface area contributed by atoms with Crippen LogP contribution in [0.1, 0.15) is 96.1 Å². The van der Waals surface area contributed by atoms with Gasteiger partial charge in [-0.1, -0.05) is 32.1 Å². The Kier molecular flexibility index (Phi) is 26.5. The Morgan fingerprint density at radius 3 is 2.00 bits per heavy atom. The molecule has 0 radical (unpaired) electrons. The van der Waals surface area contributed by atoms with Gasteiger partial charge < -0.3 is 78.7 Å². The third kappa shape index (κ3) is 20.8. The van der Waals surface area contributed by atoms with Gasteiger partial charge in [-0.25, -0.2) is 30.8 Å². The third-order valence-corrected chi connectivity index (χ3v) is 17.7. The van der Waals surface area contributed by atoms with Gasteiger partial charge >= 0.3 is 21.3 Å². The van der Waals surface area contributed by atoms with Gasteiger partial charge in [-0.05, 0) is 88.4 Å². The first-order valence-electron chi connectivity index (χ1n) is 28.9. The lowest BCUT2D eigenvalue weighted by atomic mass is 9.81. The molecule has 1 fully saturated rings. The number of nitrogens with two attached hydrogens (primary N) is 1. The number of fused-ring (bicyclic) bond motifs is 2. The molecule has 90 heavy (non-hydrogen) atoms. The maximum Gasteiger partial charge on any atom is 0.470 e. The number of benzene rings is 2. The number of hydrogen-bond donors (Lipinski definition) is 8. The molecule has 3 aromatic rings. The van der Waals surface area contributed by atoms with Gasteiger partial charge in [0.05, 0.1) is 74.7 Å². The van der Waals surface area contributed by atoms with Crippen LogP contribution in [0.3, 0.4) is 0 Å². The largest absolute Gasteiger partial charge is 0.744 e. The number of carbonyl (C=O) groups excluding carboxylic acids is 2. The summed E-state index contributed by atoms with van der Waals surface area (Å²) in [5.41, 5.74) is 8.75. The highest BCUT2D eigenvalue weighted by Gasteiger charge is 2.50. The van der Waals surface area contributed by atoms with E-state index in [0.717, 1.165) is 39.3 Å². The number of nitrogens with one attached hydrogen (secondary N) is 2. The van der Waals surface area contributed by atoms with E-state index in [9.17, 15) is 64.3 Å². The van der Waals surface area contributed by atoms with E-state index in [0.29, 0.717) is 77.3 Å². The van der Waals surface area contributed by atoms with Crippen molar-refractivity contribution in [2.75, 3.05) is 96.3 Å². The van der Waals surface area contributed by atoms with Crippen molar-refractivity contribution in [2.45, 2.75) is 125 Å². The molecule has 4 atom stereocenters. The fourth-order valence-electron chi connectivity index (χ4n) is 10.6. The number of aliphatic hydroxyl groups is 1. The molecule has 3 aliphatic heterocycles. The zero-order chi connectivity index (χ0) is 66.2. The van der Waals surface area contributed by atoms with E-state index in [-0.39, 0.29) is 78.8 Å². The maximum atomic E-state index is 12.7. The normalized spacial score (nSPS) is 19.6. The van der Waals surface area contributed by atoms with E-state index in [1.807, 2.05) is 65.0 Å². The predicted octanol–water partition coefficient (Wildman–Crippen LogP) is 2.55. The summed E-state index contributed by atoms with van der Waals surface area (Å²) >= 11 is 0. The molecule has 34 heteroatoms. The lowest BCUT2D eigenvalue weighted by Crippen LogP contribution is -2.38. The monoisotopic (exact) mass is 1340 g/mol. The summed E-state index contributed by atoms with van der Waals surface area (Å²) in [6, 6.07) is 8.85. The zero-order valence-corrected chi connectivity index (χ0v) is 54.0. The number of unbranched alkanes of at least 4 members (excludes halogenated alkanes) is 2. The summed E-state index contributed by atoms with van der Waals surface area (Å²) in [7, 11) is -19.7. The van der Waals surface area contributed by atoms with Crippen LogP contribution in [0.5, 0.6) is 0 Å². The van der Waals surface area contributed by atoms with Crippen LogP contribution in [0.2, 0.25) is 0 Å². The number of aromatic nitrogens is 2. The molecule has 0 bridgehead atoms. The first kappa shape index (κ1) is 73.6. The summed E-state index contributed by atoms with van der Waals surface area (Å²) < 4.78 is 134. The molecule has 2 aromatic carbocycles. The van der Waals surface area contributed by atoms with Crippen molar-refractivity contribution in [2.24, 2.45) is 0 Å². The average molecular weight is 1350 g/mol. The number of phosphoric acid groups is 2. The standard InChI is InChI=1S/C56H81N7O23P2S2/c1-6-61-43-20-18-39(89(74,75)76)34-41(43)55(2,3)46(61)15-9-7-10-16-47-56(4,5)42-35-40(90(77,78)79)19-21-44(42)62(47)25-12-8-11-17-48(64)59-24-27-81-29-31-83-33-32-82-30-28-80-26-22-49(65)58-23-13-14-38-36-63(54(67)60-52(38)57)53-50(66)51(86-88(71,72)73)45(85-53)37-84-87(68,69)70/h7,9-10,15-16,18-21,34-36,45,50-51,53,66H,6,8,11-14,17,22-33,37H2,1-5H3,(H9-,57,58,59,60,64,65,67,68,69,70,71,72,73,74,75,76,77,78,79)/p-1/t45-,50?,51+,53-/m1/s1. The molecule has 0 spiro atoms. The Hall–Kier alpha value is -5.45. The van der Waals surface area contributed by atoms with Crippen molar-refractivity contribution < 1.29 is 107 Å². The third-order valence-electron chi connectivity index (χ3n) is 15.0. The van der Waals surface area contributed by atoms with Crippen LogP contribution in [0, 0.1) is 0 Å². The number of nitrogens with zero attached hydrogens (tertiary/aromatic N) is 4. The number of aliphatic hydroxyl groups excluding tert-OH is 1. The van der Waals surface area contributed by atoms with Crippen molar-refractivity contribution in [1.29, 1.82) is 0 Å². The summed E-state index contributed by atoms with van der Waals surface area (Å²) in [5, 5.41) is 16.4. The smallest absolute Gasteiger partial charge is 0.470 e. The number of nitrogen functional groups attached to an aromatic ring is 1. The molecule has 0 saturated carbocycles. The van der Waals surface area contributed by atoms with Crippen LogP contribution in [0.4, 0.5) is 17.2 Å². The van der Waals surface area contributed by atoms with Crippen molar-refractivity contribution in [3.05, 3.63) is 106 Å². The summed E-state index contributed by atoms with van der Waals surface area (Å²) in [5.74, 6) is -0.586. The highest BCUT2D eigenvalue weighted by Crippen LogP contribution is 2.49. The number of phosphoric ester groups is 2. The van der Waals surface area contributed by atoms with Crippen LogP contribution < -0.4 is 27.0 Å². The second-order valence-electron chi connectivity index (χ2n) is 22.2. The number of anilines is 2. The number of rotatable bonds is 37. The molecule has 1 unspecified atom stereocenters. The molecule has 0 aliphatic carbocycles. The molecule has 1 aromatic heterocycles. The van der Waals surface area contributed by atoms with Crippen LogP contribution >= 0.6 is 15.6 Å². The SMILES string of the molecule is CCN1/C(=C/C=C/C=C/C2=[N+](CCCCCC(=O)NCCOCCOCCOCCOCCC(=O)NCCCc3cn([C@@H]4O[C@H](COP(=O)(O)O)[C@H](OP(=O)(O)O)C4O)c(=O)nc3N)c3ccc(S(=O)(=O)[O-])cc3C2(C)C)C(C)(C)c2cc(S(=O)(=O)[O-])ccc21. The van der Waals surface area contributed by atoms with Gasteiger partial charge in [0.2, 0.25) is 17.5 Å². The van der Waals surface area contributed by atoms with Gasteiger partial charge in [-0.15, -0.1) is 0 Å². The fraction of sp³-hybridized carbons (Fsp3) is 0.554. The van der Waals surface area contributed by atoms with E-state index in [2.05, 4.69) is 34.1 Å². The van der Waals surface area contributed by atoms with Crippen LogP contribution in [-0.4, -0.2) is 186 Å². The molecule has 2 amide bonds. The Morgan fingerprint density at radius 1 is 0.778 bits per heavy atom. The zero-order valence-electron chi connectivity index (χ0n) is 50.5. The fourth-order valence-corrected chi connectivity index (χ4v) is 12.5. The lowest BCUT2D eigenvalue weighted by molar-refractivity contribution is -0.438. The maximum absolute atomic E-state index is 12.7. The molecule has 4 heterocycles. The highest BCUT2D eigenvalue weighted by atomic mass is 32.2. The number of aryl methyl sites for hydroxylation is 1.